The molecule has 4 rings (SSSR count). The first-order valence-electron chi connectivity index (χ1n) is 7.47. The lowest BCUT2D eigenvalue weighted by Crippen LogP contribution is -2.45. The van der Waals surface area contributed by atoms with Crippen LogP contribution >= 0.6 is 0 Å². The van der Waals surface area contributed by atoms with E-state index in [1.165, 1.54) is 0 Å². The minimum Gasteiger partial charge on any atom is -0.550 e. The van der Waals surface area contributed by atoms with Crippen molar-refractivity contribution in [2.24, 2.45) is 11.8 Å². The van der Waals surface area contributed by atoms with Crippen molar-refractivity contribution >= 4 is 11.9 Å². The van der Waals surface area contributed by atoms with E-state index < -0.39 is 29.5 Å². The van der Waals surface area contributed by atoms with E-state index in [1.54, 1.807) is 11.0 Å². The first-order valence-corrected chi connectivity index (χ1v) is 7.47. The average Bonchev–Trinajstić information content (AvgIpc) is 3.15. The van der Waals surface area contributed by atoms with Crippen LogP contribution in [0.2, 0.25) is 0 Å². The topological polar surface area (TPSA) is 69.7 Å². The lowest BCUT2D eigenvalue weighted by molar-refractivity contribution is -0.313. The molecular weight excluding hydrogens is 282 g/mol. The maximum atomic E-state index is 12.8. The van der Waals surface area contributed by atoms with E-state index in [0.29, 0.717) is 6.54 Å². The molecule has 1 aromatic carbocycles. The number of carboxylic acids is 1. The van der Waals surface area contributed by atoms with Crippen LogP contribution in [-0.4, -0.2) is 35.0 Å². The zero-order chi connectivity index (χ0) is 15.5. The fourth-order valence-corrected chi connectivity index (χ4v) is 4.04. The standard InChI is InChI=1S/C17H17NO4/c1-10(11-5-3-2-4-6-11)18-9-17-8-7-12(22-17)13(16(20)21)14(17)15(18)19/h2-8,10,12-14H,9H2,1H3,(H,20,21)/p-1/t10-,12+,13-,14+,17-/m0/s1. The van der Waals surface area contributed by atoms with Gasteiger partial charge in [0.25, 0.3) is 0 Å². The number of carbonyl (C=O) groups excluding carboxylic acids is 2. The van der Waals surface area contributed by atoms with Gasteiger partial charge in [0.2, 0.25) is 5.91 Å². The Kier molecular flexibility index (Phi) is 2.72. The maximum Gasteiger partial charge on any atom is 0.230 e. The van der Waals surface area contributed by atoms with Gasteiger partial charge >= 0.3 is 0 Å². The second-order valence-corrected chi connectivity index (χ2v) is 6.27. The Morgan fingerprint density at radius 1 is 1.41 bits per heavy atom. The number of fused-ring (bicyclic) bond motifs is 1. The smallest absolute Gasteiger partial charge is 0.230 e. The van der Waals surface area contributed by atoms with Gasteiger partial charge in [0.05, 0.1) is 24.6 Å². The predicted octanol–water partition coefficient (Wildman–Crippen LogP) is 0.279. The van der Waals surface area contributed by atoms with E-state index in [-0.39, 0.29) is 11.9 Å². The number of nitrogens with zero attached hydrogens (tertiary/aromatic N) is 1. The van der Waals surface area contributed by atoms with Gasteiger partial charge < -0.3 is 19.5 Å². The van der Waals surface area contributed by atoms with Gasteiger partial charge in [0.1, 0.15) is 5.60 Å². The maximum absolute atomic E-state index is 12.8. The summed E-state index contributed by atoms with van der Waals surface area (Å²) in [5.74, 6) is -2.91. The summed E-state index contributed by atoms with van der Waals surface area (Å²) in [6.07, 6.45) is 3.08. The van der Waals surface area contributed by atoms with Gasteiger partial charge in [-0.05, 0) is 12.5 Å². The Morgan fingerprint density at radius 3 is 2.82 bits per heavy atom. The summed E-state index contributed by atoms with van der Waals surface area (Å²) in [7, 11) is 0. The van der Waals surface area contributed by atoms with Crippen molar-refractivity contribution < 1.29 is 19.4 Å². The third-order valence-corrected chi connectivity index (χ3v) is 5.15. The highest BCUT2D eigenvalue weighted by Gasteiger charge is 2.65. The van der Waals surface area contributed by atoms with Crippen molar-refractivity contribution in [3.63, 3.8) is 0 Å². The van der Waals surface area contributed by atoms with Crippen LogP contribution in [0, 0.1) is 11.8 Å². The number of hydrogen-bond donors (Lipinski definition) is 0. The molecule has 0 radical (unpaired) electrons. The molecule has 1 amide bonds. The van der Waals surface area contributed by atoms with Gasteiger partial charge in [-0.2, -0.15) is 0 Å². The molecule has 114 valence electrons. The Balaban J connectivity index is 1.68. The third-order valence-electron chi connectivity index (χ3n) is 5.15. The Morgan fingerprint density at radius 2 is 2.14 bits per heavy atom. The summed E-state index contributed by atoms with van der Waals surface area (Å²) < 4.78 is 5.85. The molecule has 3 aliphatic heterocycles. The minimum absolute atomic E-state index is 0.118. The van der Waals surface area contributed by atoms with Crippen molar-refractivity contribution in [1.82, 2.24) is 4.90 Å². The van der Waals surface area contributed by atoms with Crippen LogP contribution in [0.1, 0.15) is 18.5 Å². The van der Waals surface area contributed by atoms with Crippen molar-refractivity contribution in [1.29, 1.82) is 0 Å². The first-order chi connectivity index (χ1) is 10.5. The summed E-state index contributed by atoms with van der Waals surface area (Å²) in [4.78, 5) is 26.0. The van der Waals surface area contributed by atoms with Gasteiger partial charge in [0.15, 0.2) is 0 Å². The van der Waals surface area contributed by atoms with Crippen LogP contribution < -0.4 is 5.11 Å². The van der Waals surface area contributed by atoms with Crippen LogP contribution in [0.25, 0.3) is 0 Å². The molecular formula is C17H16NO4-. The zero-order valence-corrected chi connectivity index (χ0v) is 12.1. The fraction of sp³-hybridized carbons (Fsp3) is 0.412. The Labute approximate surface area is 128 Å². The molecule has 0 N–H and O–H groups in total. The fourth-order valence-electron chi connectivity index (χ4n) is 4.04. The molecule has 0 unspecified atom stereocenters. The summed E-state index contributed by atoms with van der Waals surface area (Å²) in [6.45, 7) is 2.35. The molecule has 0 aromatic heterocycles. The van der Waals surface area contributed by atoms with Crippen molar-refractivity contribution in [2.45, 2.75) is 24.7 Å². The van der Waals surface area contributed by atoms with Crippen molar-refractivity contribution in [3.8, 4) is 0 Å². The molecule has 0 aliphatic carbocycles. The monoisotopic (exact) mass is 298 g/mol. The molecule has 3 aliphatic rings. The third kappa shape index (κ3) is 1.63. The van der Waals surface area contributed by atoms with Crippen LogP contribution in [-0.2, 0) is 14.3 Å². The molecule has 1 aromatic rings. The second-order valence-electron chi connectivity index (χ2n) is 6.27. The molecule has 5 atom stereocenters. The number of benzene rings is 1. The summed E-state index contributed by atoms with van der Waals surface area (Å²) in [6, 6.07) is 9.60. The number of aliphatic carboxylic acids is 1. The molecule has 0 saturated carbocycles. The number of ether oxygens (including phenoxy) is 1. The lowest BCUT2D eigenvalue weighted by atomic mass is 9.77. The Hall–Kier alpha value is -2.14. The van der Waals surface area contributed by atoms with Crippen LogP contribution in [0.15, 0.2) is 42.5 Å². The van der Waals surface area contributed by atoms with E-state index in [1.807, 2.05) is 43.3 Å². The highest BCUT2D eigenvalue weighted by molar-refractivity contribution is 5.90. The molecule has 2 bridgehead atoms. The highest BCUT2D eigenvalue weighted by Crippen LogP contribution is 2.52. The summed E-state index contributed by atoms with van der Waals surface area (Å²) in [5, 5.41) is 11.4. The number of amides is 1. The normalized spacial score (nSPS) is 36.7. The minimum atomic E-state index is -1.20. The summed E-state index contributed by atoms with van der Waals surface area (Å²) >= 11 is 0. The lowest BCUT2D eigenvalue weighted by Gasteiger charge is -2.28. The summed E-state index contributed by atoms with van der Waals surface area (Å²) in [5.41, 5.74) is 0.228. The van der Waals surface area contributed by atoms with Crippen molar-refractivity contribution in [3.05, 3.63) is 48.0 Å². The molecule has 2 saturated heterocycles. The Bertz CT molecular complexity index is 670. The van der Waals surface area contributed by atoms with Gasteiger partial charge in [-0.3, -0.25) is 4.79 Å². The number of hydrogen-bond acceptors (Lipinski definition) is 4. The van der Waals surface area contributed by atoms with Gasteiger partial charge in [0, 0.05) is 11.9 Å². The van der Waals surface area contributed by atoms with Gasteiger partial charge in [-0.15, -0.1) is 0 Å². The van der Waals surface area contributed by atoms with Crippen LogP contribution in [0.3, 0.4) is 0 Å². The highest BCUT2D eigenvalue weighted by atomic mass is 16.5. The largest absolute Gasteiger partial charge is 0.550 e. The number of carbonyl (C=O) groups is 2. The van der Waals surface area contributed by atoms with Gasteiger partial charge in [-0.25, -0.2) is 0 Å². The SMILES string of the molecule is C[C@@H](c1ccccc1)N1C[C@]23C=C[C@@H](O2)[C@H](C(=O)[O-])[C@@H]3C1=O. The molecule has 22 heavy (non-hydrogen) atoms. The zero-order valence-electron chi connectivity index (χ0n) is 12.1. The molecule has 5 nitrogen and oxygen atoms in total. The molecule has 5 heteroatoms. The van der Waals surface area contributed by atoms with Crippen LogP contribution in [0.4, 0.5) is 0 Å². The van der Waals surface area contributed by atoms with E-state index in [0.717, 1.165) is 5.56 Å². The number of rotatable bonds is 3. The average molecular weight is 298 g/mol. The second kappa shape index (κ2) is 4.43. The molecule has 1 spiro atoms. The van der Waals surface area contributed by atoms with Crippen LogP contribution in [0.5, 0.6) is 0 Å². The van der Waals surface area contributed by atoms with Crippen molar-refractivity contribution in [2.75, 3.05) is 6.54 Å². The number of likely N-dealkylation sites (tertiary alicyclic amines) is 1. The molecule has 2 fully saturated rings. The van der Waals surface area contributed by atoms with Gasteiger partial charge in [-0.1, -0.05) is 42.5 Å². The van der Waals surface area contributed by atoms with E-state index in [2.05, 4.69) is 0 Å². The number of carboxylic acid groups (broad SMARTS) is 1. The predicted molar refractivity (Wildman–Crippen MR) is 75.3 cm³/mol. The quantitative estimate of drug-likeness (QED) is 0.752. The van der Waals surface area contributed by atoms with E-state index in [9.17, 15) is 14.7 Å². The van der Waals surface area contributed by atoms with E-state index >= 15 is 0 Å². The van der Waals surface area contributed by atoms with E-state index in [4.69, 9.17) is 4.74 Å². The molecule has 3 heterocycles. The first kappa shape index (κ1) is 13.5.